The van der Waals surface area contributed by atoms with Crippen molar-refractivity contribution >= 4 is 27.9 Å². The van der Waals surface area contributed by atoms with E-state index in [1.807, 2.05) is 24.3 Å². The number of hydrogen-bond donors (Lipinski definition) is 0. The normalized spacial score (nSPS) is 10.9. The van der Waals surface area contributed by atoms with E-state index in [-0.39, 0.29) is 0 Å². The summed E-state index contributed by atoms with van der Waals surface area (Å²) in [5.74, 6) is 1.22. The van der Waals surface area contributed by atoms with E-state index in [0.717, 1.165) is 24.1 Å². The maximum absolute atomic E-state index is 11.3. The molecule has 0 aliphatic heterocycles. The fraction of sp³-hybridized carbons (Fsp3) is 0.222. The van der Waals surface area contributed by atoms with Gasteiger partial charge in [-0.3, -0.25) is 4.79 Å². The van der Waals surface area contributed by atoms with Gasteiger partial charge in [-0.25, -0.2) is 4.98 Å². The molecule has 118 valence electrons. The fourth-order valence-corrected chi connectivity index (χ4v) is 2.35. The molecule has 1 aromatic heterocycles. The van der Waals surface area contributed by atoms with Crippen molar-refractivity contribution in [1.29, 1.82) is 0 Å². The number of fused-ring (bicyclic) bond motifs is 1. The van der Waals surface area contributed by atoms with Crippen molar-refractivity contribution < 1.29 is 13.9 Å². The molecule has 4 nitrogen and oxygen atoms in total. The summed E-state index contributed by atoms with van der Waals surface area (Å²) >= 11 is 5.52. The van der Waals surface area contributed by atoms with Gasteiger partial charge in [0.05, 0.1) is 6.61 Å². The predicted octanol–water partition coefficient (Wildman–Crippen LogP) is 5.05. The van der Waals surface area contributed by atoms with E-state index >= 15 is 0 Å². The van der Waals surface area contributed by atoms with E-state index in [1.165, 1.54) is 0 Å². The molecule has 0 N–H and O–H groups in total. The first-order chi connectivity index (χ1) is 11.2. The fourth-order valence-electron chi connectivity index (χ4n) is 2.23. The topological polar surface area (TPSA) is 52.3 Å². The lowest BCUT2D eigenvalue weighted by atomic mass is 10.1. The Balaban J connectivity index is 1.90. The highest BCUT2D eigenvalue weighted by atomic mass is 35.5. The van der Waals surface area contributed by atoms with Gasteiger partial charge in [-0.15, -0.1) is 0 Å². The number of benzene rings is 2. The van der Waals surface area contributed by atoms with Crippen LogP contribution in [0.1, 0.15) is 30.1 Å². The molecular weight excluding hydrogens is 314 g/mol. The van der Waals surface area contributed by atoms with Crippen molar-refractivity contribution in [3.8, 4) is 17.2 Å². The summed E-state index contributed by atoms with van der Waals surface area (Å²) in [6, 6.07) is 12.5. The minimum Gasteiger partial charge on any atom is -0.494 e. The Labute approximate surface area is 139 Å². The summed E-state index contributed by atoms with van der Waals surface area (Å²) in [5, 5.41) is -0.505. The van der Waals surface area contributed by atoms with Crippen molar-refractivity contribution in [2.24, 2.45) is 0 Å². The SMILES string of the molecule is CCCCOc1ccc2oc(-c3cccc(C(=O)Cl)c3)nc2c1. The van der Waals surface area contributed by atoms with Crippen LogP contribution in [0.2, 0.25) is 0 Å². The molecule has 3 aromatic rings. The van der Waals surface area contributed by atoms with Crippen molar-refractivity contribution in [3.63, 3.8) is 0 Å². The first kappa shape index (κ1) is 15.6. The van der Waals surface area contributed by atoms with Gasteiger partial charge in [0.15, 0.2) is 5.58 Å². The Morgan fingerprint density at radius 3 is 2.91 bits per heavy atom. The molecule has 0 atom stereocenters. The van der Waals surface area contributed by atoms with Gasteiger partial charge in [0.1, 0.15) is 11.3 Å². The second-order valence-corrected chi connectivity index (χ2v) is 5.55. The summed E-state index contributed by atoms with van der Waals surface area (Å²) in [6.45, 7) is 2.81. The molecule has 0 saturated carbocycles. The molecule has 0 aliphatic rings. The van der Waals surface area contributed by atoms with Crippen molar-refractivity contribution in [3.05, 3.63) is 48.0 Å². The lowest BCUT2D eigenvalue weighted by Crippen LogP contribution is -1.95. The second-order valence-electron chi connectivity index (χ2n) is 5.21. The highest BCUT2D eigenvalue weighted by molar-refractivity contribution is 6.67. The van der Waals surface area contributed by atoms with Gasteiger partial charge in [-0.05, 0) is 42.3 Å². The smallest absolute Gasteiger partial charge is 0.252 e. The third-order valence-electron chi connectivity index (χ3n) is 3.46. The molecule has 23 heavy (non-hydrogen) atoms. The van der Waals surface area contributed by atoms with Gasteiger partial charge >= 0.3 is 0 Å². The van der Waals surface area contributed by atoms with E-state index in [1.54, 1.807) is 18.2 Å². The number of oxazole rings is 1. The van der Waals surface area contributed by atoms with Crippen LogP contribution >= 0.6 is 11.6 Å². The van der Waals surface area contributed by atoms with E-state index in [9.17, 15) is 4.79 Å². The maximum Gasteiger partial charge on any atom is 0.252 e. The van der Waals surface area contributed by atoms with Crippen LogP contribution in [0.4, 0.5) is 0 Å². The number of halogens is 1. The molecule has 0 aliphatic carbocycles. The number of rotatable bonds is 6. The largest absolute Gasteiger partial charge is 0.494 e. The first-order valence-corrected chi connectivity index (χ1v) is 7.89. The van der Waals surface area contributed by atoms with Crippen molar-refractivity contribution in [2.45, 2.75) is 19.8 Å². The predicted molar refractivity (Wildman–Crippen MR) is 90.0 cm³/mol. The second kappa shape index (κ2) is 6.84. The summed E-state index contributed by atoms with van der Waals surface area (Å²) < 4.78 is 11.4. The quantitative estimate of drug-likeness (QED) is 0.469. The van der Waals surface area contributed by atoms with Crippen molar-refractivity contribution in [2.75, 3.05) is 6.61 Å². The molecule has 0 spiro atoms. The van der Waals surface area contributed by atoms with E-state index in [4.69, 9.17) is 20.8 Å². The molecule has 0 unspecified atom stereocenters. The minimum atomic E-state index is -0.505. The van der Waals surface area contributed by atoms with Crippen LogP contribution in [0.15, 0.2) is 46.9 Å². The van der Waals surface area contributed by atoms with Crippen LogP contribution in [0.3, 0.4) is 0 Å². The Bertz CT molecular complexity index is 841. The number of carbonyl (C=O) groups is 1. The molecule has 0 fully saturated rings. The van der Waals surface area contributed by atoms with Gasteiger partial charge in [0, 0.05) is 17.2 Å². The summed E-state index contributed by atoms with van der Waals surface area (Å²) in [6.07, 6.45) is 2.10. The monoisotopic (exact) mass is 329 g/mol. The Morgan fingerprint density at radius 1 is 1.26 bits per heavy atom. The van der Waals surface area contributed by atoms with Gasteiger partial charge in [0.2, 0.25) is 5.89 Å². The van der Waals surface area contributed by atoms with Crippen LogP contribution in [0, 0.1) is 0 Å². The zero-order valence-electron chi connectivity index (χ0n) is 12.7. The number of ether oxygens (including phenoxy) is 1. The Hall–Kier alpha value is -2.33. The minimum absolute atomic E-state index is 0.412. The maximum atomic E-state index is 11.3. The number of aromatic nitrogens is 1. The van der Waals surface area contributed by atoms with E-state index < -0.39 is 5.24 Å². The van der Waals surface area contributed by atoms with Crippen LogP contribution < -0.4 is 4.74 Å². The lowest BCUT2D eigenvalue weighted by Gasteiger charge is -2.03. The van der Waals surface area contributed by atoms with Gasteiger partial charge < -0.3 is 9.15 Å². The molecular formula is C18H16ClNO3. The highest BCUT2D eigenvalue weighted by Gasteiger charge is 2.11. The molecule has 2 aromatic carbocycles. The summed E-state index contributed by atoms with van der Waals surface area (Å²) in [5.41, 5.74) is 2.51. The third kappa shape index (κ3) is 3.54. The van der Waals surface area contributed by atoms with Gasteiger partial charge in [-0.2, -0.15) is 0 Å². The molecule has 0 amide bonds. The first-order valence-electron chi connectivity index (χ1n) is 7.51. The van der Waals surface area contributed by atoms with Crippen molar-refractivity contribution in [1.82, 2.24) is 4.98 Å². The zero-order chi connectivity index (χ0) is 16.2. The molecule has 0 radical (unpaired) electrons. The number of carbonyl (C=O) groups excluding carboxylic acids is 1. The molecule has 1 heterocycles. The third-order valence-corrected chi connectivity index (χ3v) is 3.68. The van der Waals surface area contributed by atoms with Crippen LogP contribution in [-0.4, -0.2) is 16.8 Å². The Morgan fingerprint density at radius 2 is 2.13 bits per heavy atom. The Kier molecular flexibility index (Phi) is 4.63. The van der Waals surface area contributed by atoms with Crippen LogP contribution in [0.25, 0.3) is 22.6 Å². The average molecular weight is 330 g/mol. The van der Waals surface area contributed by atoms with Crippen LogP contribution in [0.5, 0.6) is 5.75 Å². The van der Waals surface area contributed by atoms with E-state index in [0.29, 0.717) is 29.2 Å². The number of unbranched alkanes of at least 4 members (excludes halogenated alkanes) is 1. The number of hydrogen-bond acceptors (Lipinski definition) is 4. The molecule has 3 rings (SSSR count). The zero-order valence-corrected chi connectivity index (χ0v) is 13.5. The lowest BCUT2D eigenvalue weighted by molar-refractivity contribution is 0.108. The molecule has 5 heteroatoms. The molecule has 0 saturated heterocycles. The van der Waals surface area contributed by atoms with Gasteiger partial charge in [-0.1, -0.05) is 25.5 Å². The highest BCUT2D eigenvalue weighted by Crippen LogP contribution is 2.27. The van der Waals surface area contributed by atoms with E-state index in [2.05, 4.69) is 11.9 Å². The number of nitrogens with zero attached hydrogens (tertiary/aromatic N) is 1. The summed E-state index contributed by atoms with van der Waals surface area (Å²) in [7, 11) is 0. The van der Waals surface area contributed by atoms with Gasteiger partial charge in [0.25, 0.3) is 5.24 Å². The standard InChI is InChI=1S/C18H16ClNO3/c1-2-3-9-22-14-7-8-16-15(11-14)20-18(23-16)13-6-4-5-12(10-13)17(19)21/h4-8,10-11H,2-3,9H2,1H3. The van der Waals surface area contributed by atoms with Crippen LogP contribution in [-0.2, 0) is 0 Å². The average Bonchev–Trinajstić information content (AvgIpc) is 2.98. The summed E-state index contributed by atoms with van der Waals surface area (Å²) in [4.78, 5) is 15.7. The molecule has 0 bridgehead atoms.